The Morgan fingerprint density at radius 1 is 1.65 bits per heavy atom. The second-order valence-electron chi connectivity index (χ2n) is 3.72. The molecular weight excluding hydrogens is 244 g/mol. The SMILES string of the molecule is CC(NS(=O)(=O)N(C)CCCO)c1ncc[nH]1. The van der Waals surface area contributed by atoms with Gasteiger partial charge >= 0.3 is 0 Å². The van der Waals surface area contributed by atoms with Gasteiger partial charge in [0.15, 0.2) is 0 Å². The van der Waals surface area contributed by atoms with Gasteiger partial charge in [-0.1, -0.05) is 0 Å². The first-order chi connectivity index (χ1) is 7.97. The molecule has 98 valence electrons. The van der Waals surface area contributed by atoms with E-state index in [0.29, 0.717) is 12.2 Å². The van der Waals surface area contributed by atoms with Gasteiger partial charge in [-0.05, 0) is 13.3 Å². The van der Waals surface area contributed by atoms with Crippen molar-refractivity contribution < 1.29 is 13.5 Å². The zero-order valence-electron chi connectivity index (χ0n) is 9.92. The molecule has 3 N–H and O–H groups in total. The molecule has 0 bridgehead atoms. The Balaban J connectivity index is 2.60. The van der Waals surface area contributed by atoms with Crippen molar-refractivity contribution >= 4 is 10.2 Å². The van der Waals surface area contributed by atoms with Gasteiger partial charge in [-0.3, -0.25) is 0 Å². The van der Waals surface area contributed by atoms with Gasteiger partial charge in [-0.2, -0.15) is 17.4 Å². The summed E-state index contributed by atoms with van der Waals surface area (Å²) in [6.45, 7) is 1.95. The molecule has 1 aromatic heterocycles. The normalized spacial score (nSPS) is 14.1. The summed E-state index contributed by atoms with van der Waals surface area (Å²) < 4.78 is 27.3. The van der Waals surface area contributed by atoms with Crippen LogP contribution in [0.3, 0.4) is 0 Å². The molecule has 0 saturated heterocycles. The zero-order chi connectivity index (χ0) is 12.9. The van der Waals surface area contributed by atoms with Gasteiger partial charge in [0, 0.05) is 32.6 Å². The van der Waals surface area contributed by atoms with Crippen molar-refractivity contribution in [3.05, 3.63) is 18.2 Å². The maximum Gasteiger partial charge on any atom is 0.279 e. The van der Waals surface area contributed by atoms with Crippen LogP contribution in [-0.4, -0.2) is 48.0 Å². The fourth-order valence-corrected chi connectivity index (χ4v) is 2.40. The molecule has 1 heterocycles. The number of aromatic nitrogens is 2. The van der Waals surface area contributed by atoms with E-state index in [-0.39, 0.29) is 13.2 Å². The number of imidazole rings is 1. The molecule has 0 saturated carbocycles. The van der Waals surface area contributed by atoms with Crippen molar-refractivity contribution in [3.63, 3.8) is 0 Å². The number of rotatable bonds is 7. The average molecular weight is 262 g/mol. The molecule has 1 rings (SSSR count). The number of nitrogens with zero attached hydrogens (tertiary/aromatic N) is 2. The third-order valence-electron chi connectivity index (χ3n) is 2.30. The van der Waals surface area contributed by atoms with Crippen LogP contribution in [0.5, 0.6) is 0 Å². The highest BCUT2D eigenvalue weighted by Gasteiger charge is 2.21. The lowest BCUT2D eigenvalue weighted by molar-refractivity contribution is 0.275. The molecule has 7 nitrogen and oxygen atoms in total. The fourth-order valence-electron chi connectivity index (χ4n) is 1.30. The fraction of sp³-hybridized carbons (Fsp3) is 0.667. The van der Waals surface area contributed by atoms with Gasteiger partial charge in [0.2, 0.25) is 0 Å². The molecule has 17 heavy (non-hydrogen) atoms. The van der Waals surface area contributed by atoms with Gasteiger partial charge in [-0.25, -0.2) is 4.98 Å². The van der Waals surface area contributed by atoms with Crippen molar-refractivity contribution in [2.45, 2.75) is 19.4 Å². The summed E-state index contributed by atoms with van der Waals surface area (Å²) in [4.78, 5) is 6.83. The first-order valence-electron chi connectivity index (χ1n) is 5.31. The van der Waals surface area contributed by atoms with Gasteiger partial charge < -0.3 is 10.1 Å². The second-order valence-corrected chi connectivity index (χ2v) is 5.53. The van der Waals surface area contributed by atoms with E-state index in [2.05, 4.69) is 14.7 Å². The largest absolute Gasteiger partial charge is 0.396 e. The molecule has 0 amide bonds. The Labute approximate surface area is 101 Å². The molecule has 0 aliphatic heterocycles. The topological polar surface area (TPSA) is 98.3 Å². The third-order valence-corrected chi connectivity index (χ3v) is 3.95. The lowest BCUT2D eigenvalue weighted by Gasteiger charge is -2.19. The van der Waals surface area contributed by atoms with E-state index in [0.717, 1.165) is 0 Å². The van der Waals surface area contributed by atoms with Crippen LogP contribution < -0.4 is 4.72 Å². The lowest BCUT2D eigenvalue weighted by atomic mass is 10.3. The van der Waals surface area contributed by atoms with Crippen LogP contribution in [0.15, 0.2) is 12.4 Å². The number of H-pyrrole nitrogens is 1. The van der Waals surface area contributed by atoms with Crippen LogP contribution in [0.2, 0.25) is 0 Å². The van der Waals surface area contributed by atoms with Crippen molar-refractivity contribution in [2.75, 3.05) is 20.2 Å². The molecule has 1 aromatic rings. The summed E-state index contributed by atoms with van der Waals surface area (Å²) in [5.74, 6) is 0.559. The summed E-state index contributed by atoms with van der Waals surface area (Å²) in [7, 11) is -2.08. The molecule has 8 heteroatoms. The van der Waals surface area contributed by atoms with E-state index in [4.69, 9.17) is 5.11 Å². The Kier molecular flexibility index (Phi) is 5.06. The van der Waals surface area contributed by atoms with Crippen molar-refractivity contribution in [1.29, 1.82) is 0 Å². The minimum atomic E-state index is -3.55. The van der Waals surface area contributed by atoms with Crippen molar-refractivity contribution in [3.8, 4) is 0 Å². The zero-order valence-corrected chi connectivity index (χ0v) is 10.7. The summed E-state index contributed by atoms with van der Waals surface area (Å²) in [6, 6.07) is -0.424. The van der Waals surface area contributed by atoms with Crippen LogP contribution in [0, 0.1) is 0 Å². The number of hydrogen-bond acceptors (Lipinski definition) is 4. The van der Waals surface area contributed by atoms with Crippen LogP contribution in [0.1, 0.15) is 25.2 Å². The first kappa shape index (κ1) is 14.1. The Bertz CT molecular complexity index is 417. The highest BCUT2D eigenvalue weighted by molar-refractivity contribution is 7.87. The molecule has 0 aliphatic carbocycles. The van der Waals surface area contributed by atoms with Crippen molar-refractivity contribution in [2.24, 2.45) is 0 Å². The van der Waals surface area contributed by atoms with E-state index in [1.807, 2.05) is 0 Å². The minimum absolute atomic E-state index is 0.0341. The molecule has 1 atom stereocenters. The predicted molar refractivity (Wildman–Crippen MR) is 63.4 cm³/mol. The number of nitrogens with one attached hydrogen (secondary N) is 2. The quantitative estimate of drug-likeness (QED) is 0.624. The van der Waals surface area contributed by atoms with Crippen LogP contribution in [-0.2, 0) is 10.2 Å². The number of aromatic amines is 1. The van der Waals surface area contributed by atoms with Gasteiger partial charge in [0.1, 0.15) is 5.82 Å². The maximum atomic E-state index is 11.8. The molecule has 0 fully saturated rings. The summed E-state index contributed by atoms with van der Waals surface area (Å²) in [5.41, 5.74) is 0. The van der Waals surface area contributed by atoms with Crippen LogP contribution in [0.25, 0.3) is 0 Å². The van der Waals surface area contributed by atoms with E-state index in [9.17, 15) is 8.42 Å². The molecule has 0 aliphatic rings. The third kappa shape index (κ3) is 4.08. The van der Waals surface area contributed by atoms with E-state index < -0.39 is 16.3 Å². The molecule has 0 spiro atoms. The monoisotopic (exact) mass is 262 g/mol. The van der Waals surface area contributed by atoms with Crippen molar-refractivity contribution in [1.82, 2.24) is 19.0 Å². The maximum absolute atomic E-state index is 11.8. The highest BCUT2D eigenvalue weighted by atomic mass is 32.2. The Morgan fingerprint density at radius 2 is 2.35 bits per heavy atom. The summed E-state index contributed by atoms with van der Waals surface area (Å²) in [6.07, 6.45) is 3.61. The molecule has 0 radical (unpaired) electrons. The number of aliphatic hydroxyl groups is 1. The number of hydrogen-bond donors (Lipinski definition) is 3. The predicted octanol–water partition coefficient (Wildman–Crippen LogP) is -0.381. The van der Waals surface area contributed by atoms with Crippen LogP contribution in [0.4, 0.5) is 0 Å². The highest BCUT2D eigenvalue weighted by Crippen LogP contribution is 2.08. The smallest absolute Gasteiger partial charge is 0.279 e. The van der Waals surface area contributed by atoms with Gasteiger partial charge in [-0.15, -0.1) is 0 Å². The lowest BCUT2D eigenvalue weighted by Crippen LogP contribution is -2.40. The Hall–Kier alpha value is -0.960. The molecule has 0 aromatic carbocycles. The Morgan fingerprint density at radius 3 is 2.88 bits per heavy atom. The standard InChI is InChI=1S/C9H18N4O3S/c1-8(9-10-4-5-11-9)12-17(15,16)13(2)6-3-7-14/h4-5,8,12,14H,3,6-7H2,1-2H3,(H,10,11). The number of aliphatic hydroxyl groups excluding tert-OH is 1. The van der Waals surface area contributed by atoms with Crippen LogP contribution >= 0.6 is 0 Å². The van der Waals surface area contributed by atoms with Gasteiger partial charge in [0.25, 0.3) is 10.2 Å². The summed E-state index contributed by atoms with van der Waals surface area (Å²) in [5, 5.41) is 8.66. The van der Waals surface area contributed by atoms with E-state index >= 15 is 0 Å². The molecule has 1 unspecified atom stereocenters. The second kappa shape index (κ2) is 6.10. The summed E-state index contributed by atoms with van der Waals surface area (Å²) >= 11 is 0. The molecular formula is C9H18N4O3S. The van der Waals surface area contributed by atoms with E-state index in [1.54, 1.807) is 19.3 Å². The average Bonchev–Trinajstić information content (AvgIpc) is 2.78. The first-order valence-corrected chi connectivity index (χ1v) is 6.75. The van der Waals surface area contributed by atoms with Gasteiger partial charge in [0.05, 0.1) is 6.04 Å². The minimum Gasteiger partial charge on any atom is -0.396 e. The van der Waals surface area contributed by atoms with E-state index in [1.165, 1.54) is 11.4 Å².